The molecule has 0 radical (unpaired) electrons. The first-order valence-electron chi connectivity index (χ1n) is 5.76. The Hall–Kier alpha value is -0.120. The van der Waals surface area contributed by atoms with Crippen LogP contribution in [-0.2, 0) is 4.74 Å². The summed E-state index contributed by atoms with van der Waals surface area (Å²) in [4.78, 5) is 2.50. The summed E-state index contributed by atoms with van der Waals surface area (Å²) < 4.78 is 5.41. The third kappa shape index (κ3) is 2.27. The van der Waals surface area contributed by atoms with Crippen molar-refractivity contribution in [3.8, 4) is 0 Å². The van der Waals surface area contributed by atoms with E-state index >= 15 is 0 Å². The molecule has 0 aromatic rings. The number of hydrogen-bond donors (Lipinski definition) is 1. The van der Waals surface area contributed by atoms with Crippen LogP contribution in [0.25, 0.3) is 0 Å². The topological polar surface area (TPSA) is 32.7 Å². The Morgan fingerprint density at radius 1 is 1.21 bits per heavy atom. The van der Waals surface area contributed by atoms with Gasteiger partial charge in [-0.25, -0.2) is 0 Å². The molecular formula is C11H21NO2. The van der Waals surface area contributed by atoms with Crippen LogP contribution in [0.3, 0.4) is 0 Å². The molecule has 0 atom stereocenters. The van der Waals surface area contributed by atoms with E-state index in [4.69, 9.17) is 9.84 Å². The minimum Gasteiger partial charge on any atom is -0.396 e. The lowest BCUT2D eigenvalue weighted by Crippen LogP contribution is -2.33. The Labute approximate surface area is 86.0 Å². The molecule has 0 bridgehead atoms. The average Bonchev–Trinajstić information content (AvgIpc) is 2.60. The zero-order chi connectivity index (χ0) is 9.86. The van der Waals surface area contributed by atoms with Gasteiger partial charge in [0.2, 0.25) is 0 Å². The van der Waals surface area contributed by atoms with Crippen LogP contribution in [0.2, 0.25) is 0 Å². The molecule has 2 fully saturated rings. The maximum atomic E-state index is 8.78. The normalized spacial score (nSPS) is 27.2. The molecule has 0 aromatic carbocycles. The largest absolute Gasteiger partial charge is 0.396 e. The van der Waals surface area contributed by atoms with E-state index in [1.54, 1.807) is 0 Å². The molecule has 2 aliphatic rings. The van der Waals surface area contributed by atoms with E-state index in [2.05, 4.69) is 4.90 Å². The zero-order valence-electron chi connectivity index (χ0n) is 8.87. The van der Waals surface area contributed by atoms with E-state index in [0.29, 0.717) is 12.0 Å². The zero-order valence-corrected chi connectivity index (χ0v) is 8.87. The summed E-state index contributed by atoms with van der Waals surface area (Å²) in [5, 5.41) is 8.78. The lowest BCUT2D eigenvalue weighted by atomic mass is 9.80. The minimum absolute atomic E-state index is 0.326. The predicted molar refractivity (Wildman–Crippen MR) is 55.2 cm³/mol. The van der Waals surface area contributed by atoms with Crippen LogP contribution in [0, 0.1) is 5.41 Å². The van der Waals surface area contributed by atoms with E-state index in [-0.39, 0.29) is 0 Å². The number of likely N-dealkylation sites (tertiary alicyclic amines) is 1. The van der Waals surface area contributed by atoms with Crippen molar-refractivity contribution in [3.63, 3.8) is 0 Å². The SMILES string of the molecule is OCCCN1CCC2(CCOCC2)C1. The lowest BCUT2D eigenvalue weighted by Gasteiger charge is -2.33. The van der Waals surface area contributed by atoms with Gasteiger partial charge in [0.05, 0.1) is 0 Å². The van der Waals surface area contributed by atoms with Crippen molar-refractivity contribution < 1.29 is 9.84 Å². The van der Waals surface area contributed by atoms with Crippen LogP contribution in [-0.4, -0.2) is 49.5 Å². The summed E-state index contributed by atoms with van der Waals surface area (Å²) in [7, 11) is 0. The maximum Gasteiger partial charge on any atom is 0.0471 e. The van der Waals surface area contributed by atoms with Gasteiger partial charge in [-0.1, -0.05) is 0 Å². The number of rotatable bonds is 3. The summed E-state index contributed by atoms with van der Waals surface area (Å²) in [6.07, 6.45) is 4.74. The third-order valence-electron chi connectivity index (χ3n) is 3.70. The number of aliphatic hydroxyl groups excluding tert-OH is 1. The standard InChI is InChI=1S/C11H21NO2/c13-7-1-5-12-6-2-11(10-12)3-8-14-9-4-11/h13H,1-10H2. The van der Waals surface area contributed by atoms with E-state index in [1.165, 1.54) is 32.4 Å². The van der Waals surface area contributed by atoms with Crippen LogP contribution in [0.1, 0.15) is 25.7 Å². The molecule has 2 heterocycles. The number of nitrogens with zero attached hydrogens (tertiary/aromatic N) is 1. The number of ether oxygens (including phenoxy) is 1. The highest BCUT2D eigenvalue weighted by atomic mass is 16.5. The van der Waals surface area contributed by atoms with Crippen molar-refractivity contribution in [3.05, 3.63) is 0 Å². The van der Waals surface area contributed by atoms with E-state index in [1.807, 2.05) is 0 Å². The molecule has 2 rings (SSSR count). The monoisotopic (exact) mass is 199 g/mol. The maximum absolute atomic E-state index is 8.78. The molecule has 1 spiro atoms. The first-order valence-corrected chi connectivity index (χ1v) is 5.76. The second-order valence-corrected chi connectivity index (χ2v) is 4.72. The summed E-state index contributed by atoms with van der Waals surface area (Å²) >= 11 is 0. The number of aliphatic hydroxyl groups is 1. The molecule has 0 amide bonds. The molecule has 0 saturated carbocycles. The highest BCUT2D eigenvalue weighted by Gasteiger charge is 2.38. The molecule has 2 aliphatic heterocycles. The highest BCUT2D eigenvalue weighted by Crippen LogP contribution is 2.39. The molecule has 14 heavy (non-hydrogen) atoms. The van der Waals surface area contributed by atoms with E-state index < -0.39 is 0 Å². The van der Waals surface area contributed by atoms with Crippen LogP contribution in [0.4, 0.5) is 0 Å². The van der Waals surface area contributed by atoms with Gasteiger partial charge >= 0.3 is 0 Å². The van der Waals surface area contributed by atoms with Gasteiger partial charge in [0, 0.05) is 32.9 Å². The molecule has 3 nitrogen and oxygen atoms in total. The third-order valence-corrected chi connectivity index (χ3v) is 3.70. The summed E-state index contributed by atoms with van der Waals surface area (Å²) in [6.45, 7) is 5.75. The van der Waals surface area contributed by atoms with Crippen LogP contribution in [0.15, 0.2) is 0 Å². The molecule has 0 aliphatic carbocycles. The quantitative estimate of drug-likeness (QED) is 0.732. The van der Waals surface area contributed by atoms with Crippen molar-refractivity contribution in [2.24, 2.45) is 5.41 Å². The summed E-state index contributed by atoms with van der Waals surface area (Å²) in [5.74, 6) is 0. The van der Waals surface area contributed by atoms with Gasteiger partial charge in [-0.15, -0.1) is 0 Å². The van der Waals surface area contributed by atoms with Gasteiger partial charge in [-0.2, -0.15) is 0 Å². The molecule has 82 valence electrons. The molecule has 3 heteroatoms. The smallest absolute Gasteiger partial charge is 0.0471 e. The van der Waals surface area contributed by atoms with Crippen LogP contribution < -0.4 is 0 Å². The summed E-state index contributed by atoms with van der Waals surface area (Å²) in [5.41, 5.74) is 0.563. The Bertz CT molecular complexity index is 178. The molecule has 2 saturated heterocycles. The minimum atomic E-state index is 0.326. The highest BCUT2D eigenvalue weighted by molar-refractivity contribution is 4.91. The molecular weight excluding hydrogens is 178 g/mol. The first-order chi connectivity index (χ1) is 6.85. The average molecular weight is 199 g/mol. The van der Waals surface area contributed by atoms with Crippen molar-refractivity contribution in [1.82, 2.24) is 4.90 Å². The first kappa shape index (κ1) is 10.4. The Morgan fingerprint density at radius 3 is 2.71 bits per heavy atom. The Balaban J connectivity index is 1.80. The second-order valence-electron chi connectivity index (χ2n) is 4.72. The van der Waals surface area contributed by atoms with Crippen molar-refractivity contribution in [1.29, 1.82) is 0 Å². The Morgan fingerprint density at radius 2 is 2.00 bits per heavy atom. The lowest BCUT2D eigenvalue weighted by molar-refractivity contribution is 0.0192. The molecule has 1 N–H and O–H groups in total. The van der Waals surface area contributed by atoms with Crippen LogP contribution >= 0.6 is 0 Å². The van der Waals surface area contributed by atoms with Gasteiger partial charge in [0.15, 0.2) is 0 Å². The van der Waals surface area contributed by atoms with E-state index in [0.717, 1.165) is 26.2 Å². The summed E-state index contributed by atoms with van der Waals surface area (Å²) in [6, 6.07) is 0. The Kier molecular flexibility index (Phi) is 3.42. The fourth-order valence-corrected chi connectivity index (χ4v) is 2.73. The fourth-order valence-electron chi connectivity index (χ4n) is 2.73. The van der Waals surface area contributed by atoms with Gasteiger partial charge in [0.25, 0.3) is 0 Å². The van der Waals surface area contributed by atoms with Gasteiger partial charge in [-0.3, -0.25) is 0 Å². The predicted octanol–water partition coefficient (Wildman–Crippen LogP) is 0.871. The number of hydrogen-bond acceptors (Lipinski definition) is 3. The molecule has 0 aromatic heterocycles. The second kappa shape index (κ2) is 4.60. The van der Waals surface area contributed by atoms with Gasteiger partial charge < -0.3 is 14.7 Å². The van der Waals surface area contributed by atoms with Gasteiger partial charge in [-0.05, 0) is 37.6 Å². The fraction of sp³-hybridized carbons (Fsp3) is 1.00. The van der Waals surface area contributed by atoms with Gasteiger partial charge in [0.1, 0.15) is 0 Å². The molecule has 0 unspecified atom stereocenters. The van der Waals surface area contributed by atoms with Crippen molar-refractivity contribution in [2.75, 3.05) is 39.5 Å². The van der Waals surface area contributed by atoms with Crippen LogP contribution in [0.5, 0.6) is 0 Å². The van der Waals surface area contributed by atoms with Crippen molar-refractivity contribution >= 4 is 0 Å². The van der Waals surface area contributed by atoms with E-state index in [9.17, 15) is 0 Å². The van der Waals surface area contributed by atoms with Crippen molar-refractivity contribution in [2.45, 2.75) is 25.7 Å².